The summed E-state index contributed by atoms with van der Waals surface area (Å²) in [4.78, 5) is 32.8. The number of thiophene rings is 1. The van der Waals surface area contributed by atoms with E-state index < -0.39 is 0 Å². The van der Waals surface area contributed by atoms with Crippen molar-refractivity contribution in [1.82, 2.24) is 4.98 Å². The lowest BCUT2D eigenvalue weighted by molar-refractivity contribution is -0.118. The Bertz CT molecular complexity index is 947. The van der Waals surface area contributed by atoms with Crippen LogP contribution in [0.15, 0.2) is 41.8 Å². The Labute approximate surface area is 165 Å². The molecule has 0 aliphatic rings. The molecule has 0 N–H and O–H groups in total. The number of rotatable bonds is 7. The van der Waals surface area contributed by atoms with Gasteiger partial charge in [-0.2, -0.15) is 0 Å². The summed E-state index contributed by atoms with van der Waals surface area (Å²) in [5.74, 6) is -0.585. The van der Waals surface area contributed by atoms with Gasteiger partial charge in [0.15, 0.2) is 5.78 Å². The zero-order valence-electron chi connectivity index (χ0n) is 15.1. The Kier molecular flexibility index (Phi) is 6.13. The van der Waals surface area contributed by atoms with E-state index in [1.807, 2.05) is 25.3 Å². The lowest BCUT2D eigenvalue weighted by atomic mass is 10.1. The van der Waals surface area contributed by atoms with Gasteiger partial charge in [0, 0.05) is 28.8 Å². The number of thiazole rings is 1. The molecule has 0 saturated heterocycles. The number of carbonyl (C=O) groups is 2. The van der Waals surface area contributed by atoms with Crippen molar-refractivity contribution in [3.8, 4) is 0 Å². The van der Waals surface area contributed by atoms with E-state index >= 15 is 0 Å². The lowest BCUT2D eigenvalue weighted by Crippen LogP contribution is -2.30. The first-order chi connectivity index (χ1) is 12.9. The Balaban J connectivity index is 1.73. The maximum absolute atomic E-state index is 13.3. The fraction of sp³-hybridized carbons (Fsp3) is 0.250. The summed E-state index contributed by atoms with van der Waals surface area (Å²) in [6.07, 6.45) is 0.239. The number of ketones is 1. The van der Waals surface area contributed by atoms with Gasteiger partial charge in [-0.3, -0.25) is 9.59 Å². The van der Waals surface area contributed by atoms with Crippen molar-refractivity contribution in [1.29, 1.82) is 0 Å². The maximum atomic E-state index is 13.3. The number of aryl methyl sites for hydroxylation is 2. The van der Waals surface area contributed by atoms with Crippen molar-refractivity contribution in [2.24, 2.45) is 0 Å². The molecule has 1 amide bonds. The summed E-state index contributed by atoms with van der Waals surface area (Å²) in [6.45, 7) is 4.14. The summed E-state index contributed by atoms with van der Waals surface area (Å²) in [7, 11) is 0. The first kappa shape index (κ1) is 19.4. The Morgan fingerprint density at radius 1 is 1.07 bits per heavy atom. The van der Waals surface area contributed by atoms with Crippen molar-refractivity contribution >= 4 is 40.1 Å². The molecule has 4 nitrogen and oxygen atoms in total. The molecule has 0 spiro atoms. The number of halogens is 1. The van der Waals surface area contributed by atoms with Gasteiger partial charge in [0.1, 0.15) is 5.82 Å². The SMILES string of the molecule is Cc1ccc(C(=O)CCC(=O)N(Cc2csc(C)n2)c2ccc(F)cc2)s1. The molecule has 0 radical (unpaired) electrons. The Morgan fingerprint density at radius 3 is 2.41 bits per heavy atom. The summed E-state index contributed by atoms with van der Waals surface area (Å²) in [5.41, 5.74) is 1.36. The topological polar surface area (TPSA) is 50.3 Å². The maximum Gasteiger partial charge on any atom is 0.227 e. The highest BCUT2D eigenvalue weighted by Crippen LogP contribution is 2.22. The fourth-order valence-corrected chi connectivity index (χ4v) is 4.09. The molecule has 3 aromatic rings. The molecule has 0 unspecified atom stereocenters. The van der Waals surface area contributed by atoms with Gasteiger partial charge in [-0.25, -0.2) is 9.37 Å². The second-order valence-corrected chi connectivity index (χ2v) is 8.50. The van der Waals surface area contributed by atoms with Crippen molar-refractivity contribution in [2.45, 2.75) is 33.2 Å². The molecule has 140 valence electrons. The van der Waals surface area contributed by atoms with Crippen LogP contribution in [0.25, 0.3) is 0 Å². The standard InChI is InChI=1S/C20H19FN2O2S2/c1-13-3-9-19(27-13)18(24)8-10-20(25)23(11-16-12-26-14(2)22-16)17-6-4-15(21)5-7-17/h3-7,9,12H,8,10-11H2,1-2H3. The molecule has 7 heteroatoms. The first-order valence-electron chi connectivity index (χ1n) is 8.49. The monoisotopic (exact) mass is 402 g/mol. The Hall–Kier alpha value is -2.38. The number of aromatic nitrogens is 1. The molecule has 0 atom stereocenters. The summed E-state index contributed by atoms with van der Waals surface area (Å²) >= 11 is 2.95. The molecular formula is C20H19FN2O2S2. The van der Waals surface area contributed by atoms with Gasteiger partial charge in [0.05, 0.1) is 22.1 Å². The smallest absolute Gasteiger partial charge is 0.227 e. The highest BCUT2D eigenvalue weighted by atomic mass is 32.1. The fourth-order valence-electron chi connectivity index (χ4n) is 2.65. The van der Waals surface area contributed by atoms with E-state index in [0.717, 1.165) is 15.6 Å². The van der Waals surface area contributed by atoms with Gasteiger partial charge in [0.25, 0.3) is 0 Å². The highest BCUT2D eigenvalue weighted by Gasteiger charge is 2.19. The molecule has 0 bridgehead atoms. The third kappa shape index (κ3) is 5.08. The number of anilines is 1. The zero-order chi connectivity index (χ0) is 19.4. The van der Waals surface area contributed by atoms with Gasteiger partial charge in [-0.1, -0.05) is 0 Å². The number of benzene rings is 1. The van der Waals surface area contributed by atoms with Crippen LogP contribution in [-0.2, 0) is 11.3 Å². The summed E-state index contributed by atoms with van der Waals surface area (Å²) in [5, 5.41) is 2.82. The lowest BCUT2D eigenvalue weighted by Gasteiger charge is -2.22. The summed E-state index contributed by atoms with van der Waals surface area (Å²) < 4.78 is 13.3. The first-order valence-corrected chi connectivity index (χ1v) is 10.2. The van der Waals surface area contributed by atoms with E-state index in [1.54, 1.807) is 23.1 Å². The number of hydrogen-bond acceptors (Lipinski definition) is 5. The molecule has 2 heterocycles. The van der Waals surface area contributed by atoms with Crippen LogP contribution in [0.3, 0.4) is 0 Å². The van der Waals surface area contributed by atoms with Crippen molar-refractivity contribution in [3.63, 3.8) is 0 Å². The van der Waals surface area contributed by atoms with Crippen LogP contribution in [0.1, 0.15) is 38.1 Å². The quantitative estimate of drug-likeness (QED) is 0.513. The molecule has 0 fully saturated rings. The molecule has 0 saturated carbocycles. The predicted octanol–water partition coefficient (Wildman–Crippen LogP) is 5.16. The third-order valence-corrected chi connectivity index (χ3v) is 5.87. The largest absolute Gasteiger partial charge is 0.306 e. The zero-order valence-corrected chi connectivity index (χ0v) is 16.7. The van der Waals surface area contributed by atoms with E-state index in [1.165, 1.54) is 34.8 Å². The predicted molar refractivity (Wildman–Crippen MR) is 107 cm³/mol. The minimum absolute atomic E-state index is 0.0370. The van der Waals surface area contributed by atoms with Crippen LogP contribution < -0.4 is 4.90 Å². The average Bonchev–Trinajstić information content (AvgIpc) is 3.26. The molecule has 0 aliphatic heterocycles. The van der Waals surface area contributed by atoms with Crippen LogP contribution in [0.4, 0.5) is 10.1 Å². The van der Waals surface area contributed by atoms with Crippen LogP contribution in [-0.4, -0.2) is 16.7 Å². The highest BCUT2D eigenvalue weighted by molar-refractivity contribution is 7.14. The second kappa shape index (κ2) is 8.54. The van der Waals surface area contributed by atoms with Crippen molar-refractivity contribution in [3.05, 3.63) is 68.1 Å². The molecule has 0 aliphatic carbocycles. The normalized spacial score (nSPS) is 10.8. The van der Waals surface area contributed by atoms with Gasteiger partial charge >= 0.3 is 0 Å². The van der Waals surface area contributed by atoms with Gasteiger partial charge in [-0.05, 0) is 50.2 Å². The second-order valence-electron chi connectivity index (χ2n) is 6.15. The van der Waals surface area contributed by atoms with Crippen LogP contribution in [0, 0.1) is 19.7 Å². The molecule has 3 rings (SSSR count). The average molecular weight is 403 g/mol. The van der Waals surface area contributed by atoms with Gasteiger partial charge in [-0.15, -0.1) is 22.7 Å². The third-order valence-electron chi connectivity index (χ3n) is 4.01. The van der Waals surface area contributed by atoms with Crippen molar-refractivity contribution < 1.29 is 14.0 Å². The molecular weight excluding hydrogens is 383 g/mol. The van der Waals surface area contributed by atoms with Crippen molar-refractivity contribution in [2.75, 3.05) is 4.90 Å². The van der Waals surface area contributed by atoms with E-state index in [9.17, 15) is 14.0 Å². The summed E-state index contributed by atoms with van der Waals surface area (Å²) in [6, 6.07) is 9.47. The van der Waals surface area contributed by atoms with Gasteiger partial charge < -0.3 is 4.90 Å². The van der Waals surface area contributed by atoms with Crippen LogP contribution in [0.2, 0.25) is 0 Å². The number of hydrogen-bond donors (Lipinski definition) is 0. The molecule has 27 heavy (non-hydrogen) atoms. The molecule has 2 aromatic heterocycles. The van der Waals surface area contributed by atoms with E-state index in [0.29, 0.717) is 17.1 Å². The van der Waals surface area contributed by atoms with E-state index in [4.69, 9.17) is 0 Å². The minimum Gasteiger partial charge on any atom is -0.306 e. The van der Waals surface area contributed by atoms with E-state index in [2.05, 4.69) is 4.98 Å². The number of amides is 1. The minimum atomic E-state index is -0.362. The number of nitrogens with zero attached hydrogens (tertiary/aromatic N) is 2. The van der Waals surface area contributed by atoms with Crippen LogP contribution in [0.5, 0.6) is 0 Å². The van der Waals surface area contributed by atoms with Crippen LogP contribution >= 0.6 is 22.7 Å². The number of Topliss-reactive ketones (excluding diaryl/α,β-unsaturated/α-hetero) is 1. The van der Waals surface area contributed by atoms with E-state index in [-0.39, 0.29) is 30.3 Å². The van der Waals surface area contributed by atoms with Gasteiger partial charge in [0.2, 0.25) is 5.91 Å². The Morgan fingerprint density at radius 2 is 1.81 bits per heavy atom. The number of carbonyl (C=O) groups excluding carboxylic acids is 2. The molecule has 1 aromatic carbocycles.